The van der Waals surface area contributed by atoms with Gasteiger partial charge in [-0.3, -0.25) is 0 Å². The molecule has 0 bridgehead atoms. The summed E-state index contributed by atoms with van der Waals surface area (Å²) in [4.78, 5) is 2.29. The molecular weight excluding hydrogens is 216 g/mol. The highest BCUT2D eigenvalue weighted by molar-refractivity contribution is 7.07. The Morgan fingerprint density at radius 2 is 2.12 bits per heavy atom. The Kier molecular flexibility index (Phi) is 4.96. The molecule has 1 aromatic rings. The van der Waals surface area contributed by atoms with E-state index in [0.29, 0.717) is 6.04 Å². The van der Waals surface area contributed by atoms with Crippen LogP contribution in [0.2, 0.25) is 0 Å². The molecule has 0 aliphatic heterocycles. The highest BCUT2D eigenvalue weighted by atomic mass is 32.1. The maximum atomic E-state index is 3.66. The maximum absolute atomic E-state index is 3.66. The van der Waals surface area contributed by atoms with Gasteiger partial charge in [-0.1, -0.05) is 6.92 Å². The van der Waals surface area contributed by atoms with Crippen molar-refractivity contribution in [3.05, 3.63) is 22.4 Å². The van der Waals surface area contributed by atoms with E-state index in [1.165, 1.54) is 12.0 Å². The predicted molar refractivity (Wildman–Crippen MR) is 73.1 cm³/mol. The Morgan fingerprint density at radius 3 is 2.56 bits per heavy atom. The molecule has 1 N–H and O–H groups in total. The van der Waals surface area contributed by atoms with Crippen LogP contribution in [0.25, 0.3) is 0 Å². The Balaban J connectivity index is 2.87. The molecule has 0 saturated carbocycles. The third-order valence-corrected chi connectivity index (χ3v) is 4.04. The van der Waals surface area contributed by atoms with E-state index in [4.69, 9.17) is 0 Å². The van der Waals surface area contributed by atoms with Gasteiger partial charge in [0.05, 0.1) is 6.04 Å². The lowest BCUT2D eigenvalue weighted by Crippen LogP contribution is -2.49. The second kappa shape index (κ2) is 5.80. The molecule has 1 rings (SSSR count). The quantitative estimate of drug-likeness (QED) is 0.822. The van der Waals surface area contributed by atoms with Crippen LogP contribution >= 0.6 is 11.3 Å². The third kappa shape index (κ3) is 3.06. The van der Waals surface area contributed by atoms with Crippen molar-refractivity contribution in [1.29, 1.82) is 0 Å². The zero-order valence-corrected chi connectivity index (χ0v) is 11.9. The predicted octanol–water partition coefficient (Wildman–Crippen LogP) is 3.13. The minimum atomic E-state index is 0.121. The van der Waals surface area contributed by atoms with E-state index in [-0.39, 0.29) is 5.54 Å². The van der Waals surface area contributed by atoms with Gasteiger partial charge in [-0.05, 0) is 63.3 Å². The Hall–Kier alpha value is -0.380. The number of hydrogen-bond donors (Lipinski definition) is 1. The van der Waals surface area contributed by atoms with E-state index in [1.54, 1.807) is 11.3 Å². The van der Waals surface area contributed by atoms with Crippen LogP contribution in [-0.2, 0) is 0 Å². The molecule has 0 radical (unpaired) electrons. The minimum absolute atomic E-state index is 0.121. The second-order valence-electron chi connectivity index (χ2n) is 4.99. The lowest BCUT2D eigenvalue weighted by molar-refractivity contribution is 0.138. The molecule has 0 aliphatic carbocycles. The number of thiophene rings is 1. The first kappa shape index (κ1) is 13.7. The summed E-state index contributed by atoms with van der Waals surface area (Å²) in [5.74, 6) is 0. The van der Waals surface area contributed by atoms with Crippen LogP contribution in [0.1, 0.15) is 38.8 Å². The molecule has 1 unspecified atom stereocenters. The summed E-state index contributed by atoms with van der Waals surface area (Å²) in [6, 6.07) is 2.62. The normalized spacial score (nSPS) is 14.4. The van der Waals surface area contributed by atoms with Crippen LogP contribution in [-0.4, -0.2) is 31.1 Å². The number of nitrogens with zero attached hydrogens (tertiary/aromatic N) is 1. The van der Waals surface area contributed by atoms with Crippen LogP contribution in [0.5, 0.6) is 0 Å². The standard InChI is InChI=1S/C13H24N2S/c1-6-8-14-12(11-7-9-16-10-11)13(2,3)15(4)5/h7,9-10,12,14H,6,8H2,1-5H3. The molecule has 16 heavy (non-hydrogen) atoms. The van der Waals surface area contributed by atoms with Crippen molar-refractivity contribution in [2.24, 2.45) is 0 Å². The van der Waals surface area contributed by atoms with E-state index in [2.05, 4.69) is 61.9 Å². The highest BCUT2D eigenvalue weighted by Crippen LogP contribution is 2.30. The van der Waals surface area contributed by atoms with Gasteiger partial charge in [0.15, 0.2) is 0 Å². The molecule has 0 spiro atoms. The van der Waals surface area contributed by atoms with Crippen molar-refractivity contribution >= 4 is 11.3 Å². The molecule has 1 heterocycles. The zero-order chi connectivity index (χ0) is 12.2. The van der Waals surface area contributed by atoms with Crippen LogP contribution in [0.3, 0.4) is 0 Å². The Bertz CT molecular complexity index is 291. The Morgan fingerprint density at radius 1 is 1.44 bits per heavy atom. The lowest BCUT2D eigenvalue weighted by atomic mass is 9.89. The minimum Gasteiger partial charge on any atom is -0.308 e. The monoisotopic (exact) mass is 240 g/mol. The summed E-state index contributed by atoms with van der Waals surface area (Å²) in [7, 11) is 4.29. The van der Waals surface area contributed by atoms with E-state index in [1.807, 2.05) is 0 Å². The SMILES string of the molecule is CCCNC(c1ccsc1)C(C)(C)N(C)C. The molecule has 3 heteroatoms. The van der Waals surface area contributed by atoms with Gasteiger partial charge in [0.25, 0.3) is 0 Å². The fourth-order valence-corrected chi connectivity index (χ4v) is 2.45. The molecule has 0 saturated heterocycles. The summed E-state index contributed by atoms with van der Waals surface area (Å²) in [5, 5.41) is 8.06. The van der Waals surface area contributed by atoms with Gasteiger partial charge >= 0.3 is 0 Å². The second-order valence-corrected chi connectivity index (χ2v) is 5.77. The lowest BCUT2D eigenvalue weighted by Gasteiger charge is -2.40. The van der Waals surface area contributed by atoms with Gasteiger partial charge in [0, 0.05) is 5.54 Å². The number of likely N-dealkylation sites (N-methyl/N-ethyl adjacent to an activating group) is 1. The van der Waals surface area contributed by atoms with Gasteiger partial charge in [-0.2, -0.15) is 11.3 Å². The first-order chi connectivity index (χ1) is 7.50. The number of nitrogens with one attached hydrogen (secondary N) is 1. The average Bonchev–Trinajstić information content (AvgIpc) is 2.71. The Labute approximate surface area is 104 Å². The third-order valence-electron chi connectivity index (χ3n) is 3.33. The fourth-order valence-electron chi connectivity index (χ4n) is 1.76. The first-order valence-electron chi connectivity index (χ1n) is 5.93. The fraction of sp³-hybridized carbons (Fsp3) is 0.692. The molecule has 0 fully saturated rings. The topological polar surface area (TPSA) is 15.3 Å². The van der Waals surface area contributed by atoms with Gasteiger partial charge in [-0.15, -0.1) is 0 Å². The largest absolute Gasteiger partial charge is 0.308 e. The molecule has 0 aromatic carbocycles. The maximum Gasteiger partial charge on any atom is 0.0509 e. The van der Waals surface area contributed by atoms with E-state index in [9.17, 15) is 0 Å². The molecule has 92 valence electrons. The van der Waals surface area contributed by atoms with E-state index in [0.717, 1.165) is 6.54 Å². The summed E-state index contributed by atoms with van der Waals surface area (Å²) in [6.07, 6.45) is 1.17. The average molecular weight is 240 g/mol. The first-order valence-corrected chi connectivity index (χ1v) is 6.87. The van der Waals surface area contributed by atoms with Gasteiger partial charge in [0.2, 0.25) is 0 Å². The van der Waals surface area contributed by atoms with Gasteiger partial charge in [-0.25, -0.2) is 0 Å². The van der Waals surface area contributed by atoms with Crippen LogP contribution in [0.15, 0.2) is 16.8 Å². The number of hydrogen-bond acceptors (Lipinski definition) is 3. The van der Waals surface area contributed by atoms with E-state index < -0.39 is 0 Å². The van der Waals surface area contributed by atoms with Crippen molar-refractivity contribution in [1.82, 2.24) is 10.2 Å². The van der Waals surface area contributed by atoms with Crippen molar-refractivity contribution < 1.29 is 0 Å². The highest BCUT2D eigenvalue weighted by Gasteiger charge is 2.32. The molecular formula is C13H24N2S. The molecule has 0 aliphatic rings. The van der Waals surface area contributed by atoms with E-state index >= 15 is 0 Å². The van der Waals surface area contributed by atoms with Crippen LogP contribution in [0, 0.1) is 0 Å². The summed E-state index contributed by atoms with van der Waals surface area (Å²) >= 11 is 1.77. The van der Waals surface area contributed by atoms with Crippen molar-refractivity contribution in [2.75, 3.05) is 20.6 Å². The zero-order valence-electron chi connectivity index (χ0n) is 11.1. The van der Waals surface area contributed by atoms with Gasteiger partial charge in [0.1, 0.15) is 0 Å². The van der Waals surface area contributed by atoms with Crippen LogP contribution < -0.4 is 5.32 Å². The molecule has 0 amide bonds. The van der Waals surface area contributed by atoms with Crippen molar-refractivity contribution in [2.45, 2.75) is 38.8 Å². The van der Waals surface area contributed by atoms with Crippen molar-refractivity contribution in [3.63, 3.8) is 0 Å². The summed E-state index contributed by atoms with van der Waals surface area (Å²) in [6.45, 7) is 7.86. The van der Waals surface area contributed by atoms with Gasteiger partial charge < -0.3 is 10.2 Å². The summed E-state index contributed by atoms with van der Waals surface area (Å²) in [5.41, 5.74) is 1.52. The van der Waals surface area contributed by atoms with Crippen LogP contribution in [0.4, 0.5) is 0 Å². The molecule has 1 atom stereocenters. The number of rotatable bonds is 6. The molecule has 2 nitrogen and oxygen atoms in total. The summed E-state index contributed by atoms with van der Waals surface area (Å²) < 4.78 is 0. The smallest absolute Gasteiger partial charge is 0.0509 e. The molecule has 1 aromatic heterocycles. The van der Waals surface area contributed by atoms with Crippen molar-refractivity contribution in [3.8, 4) is 0 Å².